The van der Waals surface area contributed by atoms with Gasteiger partial charge in [-0.25, -0.2) is 0 Å². The molecular weight excluding hydrogens is 625 g/mol. The van der Waals surface area contributed by atoms with Crippen molar-refractivity contribution >= 4 is 50.4 Å². The van der Waals surface area contributed by atoms with Crippen molar-refractivity contribution in [3.05, 3.63) is 60.7 Å². The maximum atomic E-state index is 3.59. The Hall–Kier alpha value is 0.0987. The van der Waals surface area contributed by atoms with Gasteiger partial charge in [0.05, 0.1) is 0 Å². The Bertz CT molecular complexity index is 774. The molecule has 0 nitrogen and oxygen atoms in total. The van der Waals surface area contributed by atoms with Gasteiger partial charge in [0.2, 0.25) is 0 Å². The zero-order chi connectivity index (χ0) is 25.8. The molecule has 0 bridgehead atoms. The molecule has 4 aliphatic carbocycles. The SMILES string of the molecule is C.[HH].[Sn].[c]1ccccc1P(C1CCCCC1)C1CCCCC1.[c]1ccccc1P(C1CCCCC1)C1CCCCC1. The van der Waals surface area contributed by atoms with E-state index in [4.69, 9.17) is 0 Å². The Morgan fingerprint density at radius 2 is 0.725 bits per heavy atom. The minimum atomic E-state index is 0. The van der Waals surface area contributed by atoms with Crippen LogP contribution < -0.4 is 10.6 Å². The Labute approximate surface area is 269 Å². The second-order valence-electron chi connectivity index (χ2n) is 12.5. The Morgan fingerprint density at radius 1 is 0.450 bits per heavy atom. The largest absolute Gasteiger partial charge is 0.0776 e. The summed E-state index contributed by atoms with van der Waals surface area (Å²) in [5.41, 5.74) is 4.02. The molecule has 2 aromatic carbocycles. The molecule has 0 saturated heterocycles. The second kappa shape index (κ2) is 19.4. The summed E-state index contributed by atoms with van der Waals surface area (Å²) in [5.74, 6) is 0. The van der Waals surface area contributed by atoms with Crippen LogP contribution in [0.5, 0.6) is 0 Å². The minimum Gasteiger partial charge on any atom is -0.0776 e. The van der Waals surface area contributed by atoms with Crippen LogP contribution >= 0.6 is 15.8 Å². The van der Waals surface area contributed by atoms with Crippen molar-refractivity contribution in [2.45, 2.75) is 158 Å². The first-order valence-corrected chi connectivity index (χ1v) is 19.4. The van der Waals surface area contributed by atoms with E-state index in [1.165, 1.54) is 128 Å². The van der Waals surface area contributed by atoms with E-state index in [-0.39, 0.29) is 48.6 Å². The summed E-state index contributed by atoms with van der Waals surface area (Å²) in [4.78, 5) is 0. The summed E-state index contributed by atoms with van der Waals surface area (Å²) < 4.78 is 0. The van der Waals surface area contributed by atoms with E-state index < -0.39 is 0 Å². The Kier molecular flexibility index (Phi) is 16.8. The van der Waals surface area contributed by atoms with Gasteiger partial charge in [-0.2, -0.15) is 0 Å². The maximum absolute atomic E-state index is 3.59. The van der Waals surface area contributed by atoms with Crippen LogP contribution in [0.3, 0.4) is 0 Å². The van der Waals surface area contributed by atoms with Crippen molar-refractivity contribution in [3.63, 3.8) is 0 Å². The summed E-state index contributed by atoms with van der Waals surface area (Å²) in [7, 11) is 0.105. The molecule has 0 heterocycles. The van der Waals surface area contributed by atoms with Gasteiger partial charge in [0.15, 0.2) is 0 Å². The van der Waals surface area contributed by atoms with E-state index in [1.807, 2.05) is 0 Å². The van der Waals surface area contributed by atoms with E-state index in [1.54, 1.807) is 10.6 Å². The van der Waals surface area contributed by atoms with E-state index in [0.29, 0.717) is 0 Å². The average Bonchev–Trinajstić information content (AvgIpc) is 3.01. The van der Waals surface area contributed by atoms with Crippen LogP contribution in [0.4, 0.5) is 0 Å². The van der Waals surface area contributed by atoms with Crippen LogP contribution in [0, 0.1) is 12.1 Å². The third-order valence-electron chi connectivity index (χ3n) is 9.81. The third kappa shape index (κ3) is 10.1. The van der Waals surface area contributed by atoms with Crippen LogP contribution in [0.2, 0.25) is 0 Å². The summed E-state index contributed by atoms with van der Waals surface area (Å²) in [5, 5.41) is 3.16. The van der Waals surface area contributed by atoms with Crippen molar-refractivity contribution < 1.29 is 1.43 Å². The van der Waals surface area contributed by atoms with E-state index in [2.05, 4.69) is 60.7 Å². The van der Waals surface area contributed by atoms with Gasteiger partial charge in [-0.3, -0.25) is 0 Å². The van der Waals surface area contributed by atoms with Gasteiger partial charge in [0, 0.05) is 25.3 Å². The van der Waals surface area contributed by atoms with Crippen molar-refractivity contribution in [1.29, 1.82) is 0 Å². The number of rotatable bonds is 6. The second-order valence-corrected chi connectivity index (χ2v) is 18.0. The molecule has 0 aromatic heterocycles. The molecule has 4 fully saturated rings. The monoisotopic (exact) mass is 684 g/mol. The molecule has 6 rings (SSSR count). The van der Waals surface area contributed by atoms with Gasteiger partial charge in [-0.05, 0) is 96.7 Å². The quantitative estimate of drug-likeness (QED) is 0.210. The van der Waals surface area contributed by atoms with Crippen LogP contribution in [0.25, 0.3) is 0 Å². The van der Waals surface area contributed by atoms with Crippen molar-refractivity contribution in [3.8, 4) is 0 Å². The van der Waals surface area contributed by atoms with Crippen LogP contribution in [-0.4, -0.2) is 46.5 Å². The molecule has 220 valence electrons. The predicted octanol–water partition coefficient (Wildman–Crippen LogP) is 11.0. The number of benzene rings is 2. The maximum Gasteiger partial charge on any atom is 0 e. The molecule has 2 aromatic rings. The first kappa shape index (κ1) is 34.6. The zero-order valence-corrected chi connectivity index (χ0v) is 29.1. The van der Waals surface area contributed by atoms with Crippen molar-refractivity contribution in [2.24, 2.45) is 0 Å². The Balaban J connectivity index is 0.000000267. The number of hydrogen-bond donors (Lipinski definition) is 0. The first-order chi connectivity index (χ1) is 18.9. The molecule has 3 heteroatoms. The standard InChI is InChI=1S/2C18H26P.CH4.Sn.H2/c2*1-4-10-16(11-5-1)19(17-12-6-2-7-13-17)18-14-8-3-9-15-18;;;/h2*1,4-5,10,17-18H,2-3,6-9,12-15H2;1H4;;1H. The minimum absolute atomic E-state index is 0. The van der Waals surface area contributed by atoms with Gasteiger partial charge >= 0.3 is 0 Å². The molecule has 6 radical (unpaired) electrons. The third-order valence-corrected chi connectivity index (χ3v) is 16.7. The molecular formula is C37H58P2Sn. The summed E-state index contributed by atoms with van der Waals surface area (Å²) in [6.45, 7) is 0. The first-order valence-electron chi connectivity index (χ1n) is 16.4. The molecule has 4 saturated carbocycles. The van der Waals surface area contributed by atoms with Crippen LogP contribution in [0.1, 0.15) is 137 Å². The van der Waals surface area contributed by atoms with Gasteiger partial charge in [-0.1, -0.05) is 149 Å². The molecule has 0 unspecified atom stereocenters. The molecule has 0 amide bonds. The summed E-state index contributed by atoms with van der Waals surface area (Å²) in [6.07, 6.45) is 29.6. The fourth-order valence-electron chi connectivity index (χ4n) is 7.91. The van der Waals surface area contributed by atoms with Crippen LogP contribution in [-0.2, 0) is 0 Å². The molecule has 0 N–H and O–H groups in total. The van der Waals surface area contributed by atoms with Gasteiger partial charge in [0.25, 0.3) is 0 Å². The summed E-state index contributed by atoms with van der Waals surface area (Å²) in [6, 6.07) is 24.9. The van der Waals surface area contributed by atoms with Gasteiger partial charge < -0.3 is 0 Å². The van der Waals surface area contributed by atoms with E-state index >= 15 is 0 Å². The molecule has 0 spiro atoms. The number of hydrogen-bond acceptors (Lipinski definition) is 0. The zero-order valence-electron chi connectivity index (χ0n) is 24.5. The average molecular weight is 684 g/mol. The fraction of sp³-hybridized carbons (Fsp3) is 0.676. The molecule has 0 atom stereocenters. The molecule has 40 heavy (non-hydrogen) atoms. The topological polar surface area (TPSA) is 0 Å². The Morgan fingerprint density at radius 3 is 0.950 bits per heavy atom. The van der Waals surface area contributed by atoms with Crippen molar-refractivity contribution in [1.82, 2.24) is 0 Å². The molecule has 0 aliphatic heterocycles. The fourth-order valence-corrected chi connectivity index (χ4v) is 15.3. The van der Waals surface area contributed by atoms with Gasteiger partial charge in [-0.15, -0.1) is 0 Å². The van der Waals surface area contributed by atoms with Gasteiger partial charge in [0.1, 0.15) is 0 Å². The predicted molar refractivity (Wildman–Crippen MR) is 186 cm³/mol. The van der Waals surface area contributed by atoms with Crippen LogP contribution in [0.15, 0.2) is 48.5 Å². The van der Waals surface area contributed by atoms with Crippen molar-refractivity contribution in [2.75, 3.05) is 0 Å². The molecule has 4 aliphatic rings. The normalized spacial score (nSPS) is 21.6. The van der Waals surface area contributed by atoms with E-state index in [9.17, 15) is 0 Å². The summed E-state index contributed by atoms with van der Waals surface area (Å²) >= 11 is 0. The smallest absolute Gasteiger partial charge is 0 e. The van der Waals surface area contributed by atoms with E-state index in [0.717, 1.165) is 22.6 Å².